The van der Waals surface area contributed by atoms with Crippen LogP contribution in [-0.2, 0) is 14.3 Å². The second-order valence-electron chi connectivity index (χ2n) is 3.87. The van der Waals surface area contributed by atoms with E-state index in [2.05, 4.69) is 10.1 Å². The number of nitriles is 1. The molecule has 0 saturated heterocycles. The fourth-order valence-electron chi connectivity index (χ4n) is 1.27. The lowest BCUT2D eigenvalue weighted by molar-refractivity contribution is -0.143. The van der Waals surface area contributed by atoms with Crippen molar-refractivity contribution in [3.8, 4) is 6.07 Å². The van der Waals surface area contributed by atoms with Crippen LogP contribution in [0.3, 0.4) is 0 Å². The first kappa shape index (κ1) is 16.7. The zero-order valence-electron chi connectivity index (χ0n) is 10.9. The van der Waals surface area contributed by atoms with E-state index in [4.69, 9.17) is 16.9 Å². The maximum absolute atomic E-state index is 12.9. The molecule has 0 bridgehead atoms. The van der Waals surface area contributed by atoms with Crippen LogP contribution in [0, 0.1) is 17.1 Å². The summed E-state index contributed by atoms with van der Waals surface area (Å²) in [5.41, 5.74) is 0.525. The topological polar surface area (TPSA) is 79.2 Å². The molecule has 0 unspecified atom stereocenters. The van der Waals surface area contributed by atoms with Gasteiger partial charge in [-0.15, -0.1) is 0 Å². The molecule has 1 N–H and O–H groups in total. The number of hydrogen-bond acceptors (Lipinski definition) is 4. The molecule has 21 heavy (non-hydrogen) atoms. The number of carbonyl (C=O) groups excluding carboxylic acids is 2. The van der Waals surface area contributed by atoms with Crippen molar-refractivity contribution in [3.63, 3.8) is 0 Å². The van der Waals surface area contributed by atoms with Crippen molar-refractivity contribution in [2.75, 3.05) is 13.2 Å². The summed E-state index contributed by atoms with van der Waals surface area (Å²) < 4.78 is 17.6. The molecular formula is C14H12ClFN2O3. The van der Waals surface area contributed by atoms with Crippen molar-refractivity contribution in [3.05, 3.63) is 40.7 Å². The largest absolute Gasteiger partial charge is 0.452 e. The molecule has 0 aromatic heterocycles. The molecule has 0 radical (unpaired) electrons. The Labute approximate surface area is 126 Å². The first-order valence-corrected chi connectivity index (χ1v) is 6.34. The molecule has 1 aromatic rings. The maximum atomic E-state index is 12.9. The molecule has 0 atom stereocenters. The van der Waals surface area contributed by atoms with Gasteiger partial charge in [0.25, 0.3) is 5.91 Å². The Morgan fingerprint density at radius 1 is 1.48 bits per heavy atom. The molecule has 0 heterocycles. The molecule has 0 aliphatic carbocycles. The van der Waals surface area contributed by atoms with Crippen LogP contribution in [-0.4, -0.2) is 25.0 Å². The van der Waals surface area contributed by atoms with Crippen molar-refractivity contribution in [1.82, 2.24) is 5.32 Å². The minimum Gasteiger partial charge on any atom is -0.452 e. The molecule has 0 aliphatic rings. The number of amides is 1. The number of carbonyl (C=O) groups is 2. The molecule has 0 spiro atoms. The van der Waals surface area contributed by atoms with E-state index in [9.17, 15) is 14.0 Å². The third-order valence-corrected chi connectivity index (χ3v) is 2.55. The number of ether oxygens (including phenoxy) is 1. The number of nitrogens with zero attached hydrogens (tertiary/aromatic N) is 1. The Morgan fingerprint density at radius 3 is 2.90 bits per heavy atom. The number of halogens is 2. The van der Waals surface area contributed by atoms with Crippen LogP contribution in [0.2, 0.25) is 5.02 Å². The van der Waals surface area contributed by atoms with Gasteiger partial charge in [0.05, 0.1) is 17.5 Å². The molecule has 7 heteroatoms. The van der Waals surface area contributed by atoms with Gasteiger partial charge >= 0.3 is 5.97 Å². The third-order valence-electron chi connectivity index (χ3n) is 2.26. The quantitative estimate of drug-likeness (QED) is 0.495. The van der Waals surface area contributed by atoms with Gasteiger partial charge < -0.3 is 10.1 Å². The molecule has 1 amide bonds. The van der Waals surface area contributed by atoms with E-state index < -0.39 is 24.3 Å². The lowest BCUT2D eigenvalue weighted by Gasteiger charge is -2.02. The minimum atomic E-state index is -0.717. The average Bonchev–Trinajstić information content (AvgIpc) is 2.46. The van der Waals surface area contributed by atoms with Gasteiger partial charge in [-0.05, 0) is 23.8 Å². The van der Waals surface area contributed by atoms with Gasteiger partial charge in [-0.2, -0.15) is 5.26 Å². The van der Waals surface area contributed by atoms with Gasteiger partial charge in [0.1, 0.15) is 5.82 Å². The molecule has 1 rings (SSSR count). The van der Waals surface area contributed by atoms with Crippen LogP contribution in [0.4, 0.5) is 4.39 Å². The molecule has 0 fully saturated rings. The zero-order valence-corrected chi connectivity index (χ0v) is 11.7. The predicted octanol–water partition coefficient (Wildman–Crippen LogP) is 2.07. The second kappa shape index (κ2) is 8.72. The molecule has 0 aliphatic heterocycles. The van der Waals surface area contributed by atoms with E-state index in [0.717, 1.165) is 6.08 Å². The highest BCUT2D eigenvalue weighted by molar-refractivity contribution is 6.30. The van der Waals surface area contributed by atoms with Gasteiger partial charge in [0.15, 0.2) is 6.61 Å². The lowest BCUT2D eigenvalue weighted by Crippen LogP contribution is -2.29. The zero-order chi connectivity index (χ0) is 15.7. The summed E-state index contributed by atoms with van der Waals surface area (Å²) in [6, 6.07) is 5.84. The van der Waals surface area contributed by atoms with Crippen LogP contribution in [0.5, 0.6) is 0 Å². The van der Waals surface area contributed by atoms with Crippen molar-refractivity contribution in [2.24, 2.45) is 0 Å². The predicted molar refractivity (Wildman–Crippen MR) is 74.6 cm³/mol. The van der Waals surface area contributed by atoms with Crippen molar-refractivity contribution < 1.29 is 18.7 Å². The lowest BCUT2D eigenvalue weighted by atomic mass is 10.2. The summed E-state index contributed by atoms with van der Waals surface area (Å²) in [5.74, 6) is -1.76. The monoisotopic (exact) mass is 310 g/mol. The minimum absolute atomic E-state index is 0.0533. The van der Waals surface area contributed by atoms with E-state index in [1.165, 1.54) is 24.3 Å². The highest BCUT2D eigenvalue weighted by Gasteiger charge is 2.04. The third kappa shape index (κ3) is 6.54. The van der Waals surface area contributed by atoms with Gasteiger partial charge in [0, 0.05) is 12.6 Å². The van der Waals surface area contributed by atoms with Crippen molar-refractivity contribution in [2.45, 2.75) is 6.42 Å². The highest BCUT2D eigenvalue weighted by atomic mass is 35.5. The van der Waals surface area contributed by atoms with Crippen molar-refractivity contribution in [1.29, 1.82) is 5.26 Å². The summed E-state index contributed by atoms with van der Waals surface area (Å²) in [7, 11) is 0. The van der Waals surface area contributed by atoms with Crippen molar-refractivity contribution >= 4 is 29.6 Å². The van der Waals surface area contributed by atoms with Crippen LogP contribution >= 0.6 is 11.6 Å². The number of esters is 1. The molecule has 1 aromatic carbocycles. The normalized spacial score (nSPS) is 10.1. The Kier molecular flexibility index (Phi) is 6.92. The smallest absolute Gasteiger partial charge is 0.331 e. The summed E-state index contributed by atoms with van der Waals surface area (Å²) >= 11 is 5.59. The SMILES string of the molecule is N#CCCNC(=O)COC(=O)/C=C/c1ccc(F)c(Cl)c1. The summed E-state index contributed by atoms with van der Waals surface area (Å²) in [6.45, 7) is -0.227. The van der Waals surface area contributed by atoms with Gasteiger partial charge in [-0.25, -0.2) is 9.18 Å². The standard InChI is InChI=1S/C14H12ClFN2O3/c15-11-8-10(2-4-12(11)16)3-5-14(20)21-9-13(19)18-7-1-6-17/h2-5,8H,1,7,9H2,(H,18,19)/b5-3+. The summed E-state index contributed by atoms with van der Waals surface area (Å²) in [6.07, 6.45) is 2.68. The number of hydrogen-bond donors (Lipinski definition) is 1. The van der Waals surface area contributed by atoms with E-state index in [1.807, 2.05) is 6.07 Å². The molecular weight excluding hydrogens is 299 g/mol. The number of benzene rings is 1. The Balaban J connectivity index is 2.39. The first-order valence-electron chi connectivity index (χ1n) is 5.96. The Bertz CT molecular complexity index is 596. The van der Waals surface area contributed by atoms with Gasteiger partial charge in [0.2, 0.25) is 0 Å². The van der Waals surface area contributed by atoms with Crippen LogP contribution in [0.15, 0.2) is 24.3 Å². The Morgan fingerprint density at radius 2 is 2.24 bits per heavy atom. The molecule has 110 valence electrons. The van der Waals surface area contributed by atoms with Crippen LogP contribution < -0.4 is 5.32 Å². The van der Waals surface area contributed by atoms with Gasteiger partial charge in [-0.1, -0.05) is 17.7 Å². The van der Waals surface area contributed by atoms with E-state index in [-0.39, 0.29) is 18.0 Å². The van der Waals surface area contributed by atoms with Crippen LogP contribution in [0.1, 0.15) is 12.0 Å². The fraction of sp³-hybridized carbons (Fsp3) is 0.214. The Hall–Kier alpha value is -2.39. The second-order valence-corrected chi connectivity index (χ2v) is 4.28. The molecule has 5 nitrogen and oxygen atoms in total. The maximum Gasteiger partial charge on any atom is 0.331 e. The fourth-order valence-corrected chi connectivity index (χ4v) is 1.46. The van der Waals surface area contributed by atoms with E-state index in [1.54, 1.807) is 0 Å². The highest BCUT2D eigenvalue weighted by Crippen LogP contribution is 2.16. The van der Waals surface area contributed by atoms with Crippen LogP contribution in [0.25, 0.3) is 6.08 Å². The number of nitrogens with one attached hydrogen (secondary N) is 1. The van der Waals surface area contributed by atoms with E-state index >= 15 is 0 Å². The van der Waals surface area contributed by atoms with Gasteiger partial charge in [-0.3, -0.25) is 4.79 Å². The average molecular weight is 311 g/mol. The van der Waals surface area contributed by atoms with E-state index in [0.29, 0.717) is 5.56 Å². The summed E-state index contributed by atoms with van der Waals surface area (Å²) in [5, 5.41) is 10.6. The number of rotatable bonds is 6. The summed E-state index contributed by atoms with van der Waals surface area (Å²) in [4.78, 5) is 22.6. The first-order chi connectivity index (χ1) is 10.0. The molecule has 0 saturated carbocycles.